The number of carbonyl (C=O) groups is 1. The van der Waals surface area contributed by atoms with Crippen LogP contribution in [-0.4, -0.2) is 46.0 Å². The topological polar surface area (TPSA) is 81.7 Å². The van der Waals surface area contributed by atoms with Gasteiger partial charge in [0.25, 0.3) is 0 Å². The van der Waals surface area contributed by atoms with Gasteiger partial charge in [-0.05, 0) is 25.7 Å². The third kappa shape index (κ3) is 2.78. The summed E-state index contributed by atoms with van der Waals surface area (Å²) in [6, 6.07) is 0.0191. The third-order valence-electron chi connectivity index (χ3n) is 5.61. The zero-order valence-corrected chi connectivity index (χ0v) is 13.9. The number of hydrogen-bond donors (Lipinski definition) is 1. The number of rotatable bonds is 6. The van der Waals surface area contributed by atoms with Crippen LogP contribution in [0, 0.1) is 11.3 Å². The van der Waals surface area contributed by atoms with Gasteiger partial charge in [-0.15, -0.1) is 0 Å². The van der Waals surface area contributed by atoms with Crippen molar-refractivity contribution in [1.29, 1.82) is 0 Å². The fraction of sp³-hybridized carbons (Fsp3) is 0.933. The van der Waals surface area contributed by atoms with Crippen molar-refractivity contribution in [3.8, 4) is 0 Å². The quantitative estimate of drug-likeness (QED) is 0.740. The van der Waals surface area contributed by atoms with Crippen LogP contribution in [0.5, 0.6) is 0 Å². The zero-order valence-electron chi connectivity index (χ0n) is 13.0. The molecule has 3 atom stereocenters. The Bertz CT molecular complexity index is 526. The maximum absolute atomic E-state index is 12.3. The van der Waals surface area contributed by atoms with E-state index in [4.69, 9.17) is 4.74 Å². The van der Waals surface area contributed by atoms with Crippen LogP contribution >= 0.6 is 0 Å². The van der Waals surface area contributed by atoms with Gasteiger partial charge in [-0.1, -0.05) is 12.8 Å². The molecule has 126 valence electrons. The monoisotopic (exact) mass is 331 g/mol. The molecule has 0 aromatic heterocycles. The van der Waals surface area contributed by atoms with E-state index in [0.29, 0.717) is 12.3 Å². The van der Waals surface area contributed by atoms with Crippen LogP contribution in [0.1, 0.15) is 44.9 Å². The SMILES string of the molecule is COC(=O)CCCS(=O)(=O)N[C@@H]1[C@H]2CCO[C@@H]2C12CCCC2. The third-order valence-corrected chi connectivity index (χ3v) is 7.05. The predicted octanol–water partition coefficient (Wildman–Crippen LogP) is 1.21. The normalized spacial score (nSPS) is 32.7. The molecule has 1 saturated heterocycles. The highest BCUT2D eigenvalue weighted by molar-refractivity contribution is 7.89. The molecule has 2 aliphatic carbocycles. The molecule has 6 nitrogen and oxygen atoms in total. The second kappa shape index (κ2) is 6.09. The van der Waals surface area contributed by atoms with Gasteiger partial charge < -0.3 is 9.47 Å². The first-order chi connectivity index (χ1) is 10.5. The Hall–Kier alpha value is -0.660. The van der Waals surface area contributed by atoms with E-state index in [0.717, 1.165) is 38.7 Å². The van der Waals surface area contributed by atoms with E-state index in [9.17, 15) is 13.2 Å². The van der Waals surface area contributed by atoms with Crippen molar-refractivity contribution < 1.29 is 22.7 Å². The lowest BCUT2D eigenvalue weighted by Gasteiger charge is -2.56. The van der Waals surface area contributed by atoms with Gasteiger partial charge >= 0.3 is 5.97 Å². The van der Waals surface area contributed by atoms with E-state index in [2.05, 4.69) is 9.46 Å². The molecular weight excluding hydrogens is 306 g/mol. The first-order valence-electron chi connectivity index (χ1n) is 8.17. The standard InChI is InChI=1S/C15H25NO5S/c1-20-12(17)5-4-10-22(18,19)16-13-11-6-9-21-14(11)15(13)7-2-3-8-15/h11,13-14,16H,2-10H2,1H3/t11-,13-,14+/m1/s1. The average molecular weight is 331 g/mol. The zero-order chi connectivity index (χ0) is 15.8. The Kier molecular flexibility index (Phi) is 4.49. The molecule has 1 heterocycles. The van der Waals surface area contributed by atoms with E-state index in [1.54, 1.807) is 0 Å². The highest BCUT2D eigenvalue weighted by Crippen LogP contribution is 2.60. The molecule has 0 unspecified atom stereocenters. The van der Waals surface area contributed by atoms with Gasteiger partial charge in [0, 0.05) is 30.4 Å². The van der Waals surface area contributed by atoms with E-state index < -0.39 is 10.0 Å². The summed E-state index contributed by atoms with van der Waals surface area (Å²) in [7, 11) is -2.05. The van der Waals surface area contributed by atoms with Gasteiger partial charge in [0.2, 0.25) is 10.0 Å². The lowest BCUT2D eigenvalue weighted by Crippen LogP contribution is -2.68. The molecule has 22 heavy (non-hydrogen) atoms. The fourth-order valence-corrected chi connectivity index (χ4v) is 6.06. The Morgan fingerprint density at radius 3 is 2.77 bits per heavy atom. The van der Waals surface area contributed by atoms with Crippen molar-refractivity contribution in [2.75, 3.05) is 19.5 Å². The van der Waals surface area contributed by atoms with Crippen molar-refractivity contribution in [1.82, 2.24) is 4.72 Å². The summed E-state index contributed by atoms with van der Waals surface area (Å²) in [6.07, 6.45) is 6.07. The van der Waals surface area contributed by atoms with Gasteiger partial charge in [0.15, 0.2) is 0 Å². The van der Waals surface area contributed by atoms with Crippen molar-refractivity contribution in [3.63, 3.8) is 0 Å². The molecule has 3 rings (SSSR count). The number of esters is 1. The van der Waals surface area contributed by atoms with Gasteiger partial charge in [-0.2, -0.15) is 0 Å². The summed E-state index contributed by atoms with van der Waals surface area (Å²) >= 11 is 0. The minimum absolute atomic E-state index is 0.0191. The largest absolute Gasteiger partial charge is 0.469 e. The van der Waals surface area contributed by atoms with Crippen molar-refractivity contribution in [2.45, 2.75) is 57.1 Å². The molecule has 1 aliphatic heterocycles. The lowest BCUT2D eigenvalue weighted by atomic mass is 9.55. The molecule has 0 aromatic carbocycles. The molecule has 1 N–H and O–H groups in total. The maximum Gasteiger partial charge on any atom is 0.305 e. The molecule has 0 amide bonds. The average Bonchev–Trinajstić information content (AvgIpc) is 3.13. The van der Waals surface area contributed by atoms with Crippen LogP contribution in [0.25, 0.3) is 0 Å². The van der Waals surface area contributed by atoms with Gasteiger partial charge in [-0.3, -0.25) is 4.79 Å². The highest BCUT2D eigenvalue weighted by atomic mass is 32.2. The predicted molar refractivity (Wildman–Crippen MR) is 80.7 cm³/mol. The lowest BCUT2D eigenvalue weighted by molar-refractivity contribution is -0.140. The molecule has 0 bridgehead atoms. The molecule has 7 heteroatoms. The van der Waals surface area contributed by atoms with Crippen LogP contribution < -0.4 is 4.72 Å². The summed E-state index contributed by atoms with van der Waals surface area (Å²) in [6.45, 7) is 0.748. The summed E-state index contributed by atoms with van der Waals surface area (Å²) < 4.78 is 38.0. The Balaban J connectivity index is 1.60. The molecule has 1 spiro atoms. The van der Waals surface area contributed by atoms with Crippen LogP contribution in [-0.2, 0) is 24.3 Å². The number of nitrogens with one attached hydrogen (secondary N) is 1. The first-order valence-corrected chi connectivity index (χ1v) is 9.82. The Morgan fingerprint density at radius 1 is 1.36 bits per heavy atom. The molecular formula is C15H25NO5S. The molecule has 0 aromatic rings. The second-order valence-corrected chi connectivity index (χ2v) is 8.65. The number of sulfonamides is 1. The van der Waals surface area contributed by atoms with Crippen molar-refractivity contribution in [3.05, 3.63) is 0 Å². The van der Waals surface area contributed by atoms with Crippen LogP contribution in [0.15, 0.2) is 0 Å². The number of fused-ring (bicyclic) bond motifs is 2. The van der Waals surface area contributed by atoms with Gasteiger partial charge in [0.05, 0.1) is 19.0 Å². The first kappa shape index (κ1) is 16.2. The molecule has 3 fully saturated rings. The summed E-state index contributed by atoms with van der Waals surface area (Å²) in [5, 5.41) is 0. The molecule has 3 aliphatic rings. The molecule has 0 radical (unpaired) electrons. The van der Waals surface area contributed by atoms with Gasteiger partial charge in [0.1, 0.15) is 0 Å². The second-order valence-electron chi connectivity index (χ2n) is 6.78. The summed E-state index contributed by atoms with van der Waals surface area (Å²) in [4.78, 5) is 11.1. The van der Waals surface area contributed by atoms with Gasteiger partial charge in [-0.25, -0.2) is 13.1 Å². The smallest absolute Gasteiger partial charge is 0.305 e. The van der Waals surface area contributed by atoms with E-state index in [1.807, 2.05) is 0 Å². The van der Waals surface area contributed by atoms with E-state index in [1.165, 1.54) is 7.11 Å². The number of ether oxygens (including phenoxy) is 2. The Labute approximate surface area is 132 Å². The Morgan fingerprint density at radius 2 is 2.09 bits per heavy atom. The molecule has 2 saturated carbocycles. The van der Waals surface area contributed by atoms with E-state index in [-0.39, 0.29) is 35.7 Å². The number of methoxy groups -OCH3 is 1. The summed E-state index contributed by atoms with van der Waals surface area (Å²) in [5.74, 6) is -0.0590. The maximum atomic E-state index is 12.3. The van der Waals surface area contributed by atoms with Crippen molar-refractivity contribution >= 4 is 16.0 Å². The van der Waals surface area contributed by atoms with Crippen molar-refractivity contribution in [2.24, 2.45) is 11.3 Å². The minimum atomic E-state index is -3.36. The van der Waals surface area contributed by atoms with Crippen LogP contribution in [0.3, 0.4) is 0 Å². The number of hydrogen-bond acceptors (Lipinski definition) is 5. The van der Waals surface area contributed by atoms with E-state index >= 15 is 0 Å². The summed E-state index contributed by atoms with van der Waals surface area (Å²) in [5.41, 5.74) is 0.0244. The fourth-order valence-electron chi connectivity index (χ4n) is 4.62. The van der Waals surface area contributed by atoms with Crippen LogP contribution in [0.2, 0.25) is 0 Å². The minimum Gasteiger partial charge on any atom is -0.469 e. The number of carbonyl (C=O) groups excluding carboxylic acids is 1. The highest BCUT2D eigenvalue weighted by Gasteiger charge is 2.65. The van der Waals surface area contributed by atoms with Crippen LogP contribution in [0.4, 0.5) is 0 Å².